The molecule has 2 atom stereocenters. The van der Waals surface area contributed by atoms with E-state index in [0.29, 0.717) is 12.5 Å². The number of aliphatic hydroxyl groups is 1. The lowest BCUT2D eigenvalue weighted by Gasteiger charge is -2.36. The molecule has 3 heteroatoms. The summed E-state index contributed by atoms with van der Waals surface area (Å²) in [6.45, 7) is 2.54. The van der Waals surface area contributed by atoms with E-state index < -0.39 is 5.60 Å². The molecule has 0 radical (unpaired) electrons. The first-order valence-corrected chi connectivity index (χ1v) is 5.11. The molecule has 2 aliphatic rings. The van der Waals surface area contributed by atoms with Crippen LogP contribution in [-0.2, 0) is 4.79 Å². The molecule has 0 spiro atoms. The second kappa shape index (κ2) is 2.98. The van der Waals surface area contributed by atoms with E-state index in [-0.39, 0.29) is 11.8 Å². The van der Waals surface area contributed by atoms with Crippen LogP contribution in [0.4, 0.5) is 0 Å². The van der Waals surface area contributed by atoms with Gasteiger partial charge in [-0.3, -0.25) is 4.79 Å². The first-order chi connectivity index (χ1) is 6.11. The number of carbonyl (C=O) groups excluding carboxylic acids is 1. The highest BCUT2D eigenvalue weighted by Crippen LogP contribution is 2.38. The summed E-state index contributed by atoms with van der Waals surface area (Å²) in [4.78, 5) is 11.4. The summed E-state index contributed by atoms with van der Waals surface area (Å²) in [6.07, 6.45) is 3.79. The predicted octanol–water partition coefficient (Wildman–Crippen LogP) is 0.674. The van der Waals surface area contributed by atoms with E-state index in [1.807, 2.05) is 0 Å². The van der Waals surface area contributed by atoms with Gasteiger partial charge in [0.1, 0.15) is 0 Å². The summed E-state index contributed by atoms with van der Waals surface area (Å²) >= 11 is 0. The second-order valence-electron chi connectivity index (χ2n) is 4.62. The highest BCUT2D eigenvalue weighted by atomic mass is 16.3. The van der Waals surface area contributed by atoms with Gasteiger partial charge in [0.2, 0.25) is 5.91 Å². The molecule has 3 nitrogen and oxygen atoms in total. The normalized spacial score (nSPS) is 34.9. The van der Waals surface area contributed by atoms with E-state index in [4.69, 9.17) is 0 Å². The molecule has 0 bridgehead atoms. The minimum Gasteiger partial charge on any atom is -0.388 e. The Kier molecular flexibility index (Phi) is 2.06. The lowest BCUT2D eigenvalue weighted by Crippen LogP contribution is -2.48. The molecule has 0 saturated heterocycles. The summed E-state index contributed by atoms with van der Waals surface area (Å²) < 4.78 is 0. The van der Waals surface area contributed by atoms with E-state index in [0.717, 1.165) is 25.7 Å². The molecule has 0 aliphatic heterocycles. The Hall–Kier alpha value is -0.570. The van der Waals surface area contributed by atoms with Gasteiger partial charge < -0.3 is 10.4 Å². The van der Waals surface area contributed by atoms with Crippen molar-refractivity contribution in [2.24, 2.45) is 11.8 Å². The van der Waals surface area contributed by atoms with Crippen LogP contribution in [0.2, 0.25) is 0 Å². The summed E-state index contributed by atoms with van der Waals surface area (Å²) in [6, 6.07) is 0. The predicted molar refractivity (Wildman–Crippen MR) is 49.1 cm³/mol. The zero-order valence-corrected chi connectivity index (χ0v) is 8.05. The first-order valence-electron chi connectivity index (χ1n) is 5.11. The van der Waals surface area contributed by atoms with Gasteiger partial charge >= 0.3 is 0 Å². The standard InChI is InChI=1S/C10H17NO2/c1-7-5-8(7)9(12)11-6-10(13)3-2-4-10/h7-8,13H,2-6H2,1H3,(H,11,12). The molecular weight excluding hydrogens is 166 g/mol. The Morgan fingerprint density at radius 2 is 2.23 bits per heavy atom. The van der Waals surface area contributed by atoms with Gasteiger partial charge in [0.15, 0.2) is 0 Å². The highest BCUT2D eigenvalue weighted by Gasteiger charge is 2.41. The third-order valence-corrected chi connectivity index (χ3v) is 3.32. The van der Waals surface area contributed by atoms with Crippen molar-refractivity contribution < 1.29 is 9.90 Å². The van der Waals surface area contributed by atoms with Crippen molar-refractivity contribution in [2.45, 2.75) is 38.2 Å². The Morgan fingerprint density at radius 1 is 1.62 bits per heavy atom. The number of amides is 1. The lowest BCUT2D eigenvalue weighted by molar-refractivity contribution is -0.125. The molecule has 2 fully saturated rings. The van der Waals surface area contributed by atoms with Crippen molar-refractivity contribution in [3.8, 4) is 0 Å². The molecule has 2 saturated carbocycles. The quantitative estimate of drug-likeness (QED) is 0.675. The molecule has 2 unspecified atom stereocenters. The van der Waals surface area contributed by atoms with Crippen LogP contribution in [0.1, 0.15) is 32.6 Å². The molecule has 2 aliphatic carbocycles. The van der Waals surface area contributed by atoms with Crippen LogP contribution in [0.5, 0.6) is 0 Å². The fraction of sp³-hybridized carbons (Fsp3) is 0.900. The lowest BCUT2D eigenvalue weighted by atomic mass is 9.80. The molecule has 2 N–H and O–H groups in total. The number of hydrogen-bond acceptors (Lipinski definition) is 2. The van der Waals surface area contributed by atoms with Gasteiger partial charge in [-0.05, 0) is 31.6 Å². The fourth-order valence-corrected chi connectivity index (χ4v) is 1.83. The smallest absolute Gasteiger partial charge is 0.223 e. The molecule has 0 aromatic rings. The van der Waals surface area contributed by atoms with Crippen LogP contribution in [0.25, 0.3) is 0 Å². The Morgan fingerprint density at radius 3 is 2.62 bits per heavy atom. The summed E-state index contributed by atoms with van der Waals surface area (Å²) in [5.74, 6) is 0.910. The zero-order valence-electron chi connectivity index (χ0n) is 8.05. The van der Waals surface area contributed by atoms with E-state index in [1.54, 1.807) is 0 Å². The van der Waals surface area contributed by atoms with Gasteiger partial charge in [0.05, 0.1) is 5.60 Å². The molecule has 0 aromatic heterocycles. The molecule has 13 heavy (non-hydrogen) atoms. The maximum absolute atomic E-state index is 11.4. The third-order valence-electron chi connectivity index (χ3n) is 3.32. The van der Waals surface area contributed by atoms with Gasteiger partial charge in [-0.1, -0.05) is 6.92 Å². The van der Waals surface area contributed by atoms with Crippen LogP contribution in [-0.4, -0.2) is 23.2 Å². The van der Waals surface area contributed by atoms with Crippen molar-refractivity contribution in [3.63, 3.8) is 0 Å². The largest absolute Gasteiger partial charge is 0.388 e. The Balaban J connectivity index is 1.70. The van der Waals surface area contributed by atoms with Crippen molar-refractivity contribution in [1.29, 1.82) is 0 Å². The molecule has 74 valence electrons. The number of rotatable bonds is 3. The summed E-state index contributed by atoms with van der Waals surface area (Å²) in [5, 5.41) is 12.5. The maximum Gasteiger partial charge on any atom is 0.223 e. The van der Waals surface area contributed by atoms with Crippen LogP contribution >= 0.6 is 0 Å². The van der Waals surface area contributed by atoms with Crippen LogP contribution < -0.4 is 5.32 Å². The number of carbonyl (C=O) groups is 1. The highest BCUT2D eigenvalue weighted by molar-refractivity contribution is 5.81. The Labute approximate surface area is 78.5 Å². The average molecular weight is 183 g/mol. The zero-order chi connectivity index (χ0) is 9.47. The number of hydrogen-bond donors (Lipinski definition) is 2. The maximum atomic E-state index is 11.4. The van der Waals surface area contributed by atoms with Crippen LogP contribution in [0.3, 0.4) is 0 Å². The molecule has 0 heterocycles. The average Bonchev–Trinajstić information content (AvgIpc) is 2.75. The van der Waals surface area contributed by atoms with Crippen molar-refractivity contribution in [3.05, 3.63) is 0 Å². The SMILES string of the molecule is CC1CC1C(=O)NCC1(O)CCC1. The van der Waals surface area contributed by atoms with Crippen molar-refractivity contribution >= 4 is 5.91 Å². The van der Waals surface area contributed by atoms with Gasteiger partial charge in [-0.15, -0.1) is 0 Å². The van der Waals surface area contributed by atoms with Gasteiger partial charge in [-0.25, -0.2) is 0 Å². The van der Waals surface area contributed by atoms with E-state index in [2.05, 4.69) is 12.2 Å². The minimum absolute atomic E-state index is 0.132. The second-order valence-corrected chi connectivity index (χ2v) is 4.62. The van der Waals surface area contributed by atoms with Crippen molar-refractivity contribution in [1.82, 2.24) is 5.32 Å². The van der Waals surface area contributed by atoms with Gasteiger partial charge in [-0.2, -0.15) is 0 Å². The summed E-state index contributed by atoms with van der Waals surface area (Å²) in [7, 11) is 0. The number of nitrogens with one attached hydrogen (secondary N) is 1. The van der Waals surface area contributed by atoms with E-state index in [9.17, 15) is 9.90 Å². The first kappa shape index (κ1) is 9.00. The van der Waals surface area contributed by atoms with Crippen LogP contribution in [0.15, 0.2) is 0 Å². The van der Waals surface area contributed by atoms with Gasteiger partial charge in [0.25, 0.3) is 0 Å². The molecular formula is C10H17NO2. The Bertz CT molecular complexity index is 223. The minimum atomic E-state index is -0.576. The van der Waals surface area contributed by atoms with Crippen LogP contribution in [0, 0.1) is 11.8 Å². The summed E-state index contributed by atoms with van der Waals surface area (Å²) in [5.41, 5.74) is -0.576. The third kappa shape index (κ3) is 1.85. The molecule has 2 rings (SSSR count). The molecule has 1 amide bonds. The van der Waals surface area contributed by atoms with E-state index >= 15 is 0 Å². The van der Waals surface area contributed by atoms with Crippen molar-refractivity contribution in [2.75, 3.05) is 6.54 Å². The van der Waals surface area contributed by atoms with Gasteiger partial charge in [0, 0.05) is 12.5 Å². The topological polar surface area (TPSA) is 49.3 Å². The van der Waals surface area contributed by atoms with E-state index in [1.165, 1.54) is 0 Å². The fourth-order valence-electron chi connectivity index (χ4n) is 1.83. The molecule has 0 aromatic carbocycles. The monoisotopic (exact) mass is 183 g/mol.